The van der Waals surface area contributed by atoms with Gasteiger partial charge >= 0.3 is 0 Å². The Kier molecular flexibility index (Phi) is 6.42. The molecular weight excluding hydrogens is 418 g/mol. The van der Waals surface area contributed by atoms with E-state index < -0.39 is 0 Å². The molecule has 0 saturated carbocycles. The van der Waals surface area contributed by atoms with Crippen LogP contribution in [-0.2, 0) is 11.3 Å². The molecule has 0 unspecified atom stereocenters. The number of aryl methyl sites for hydroxylation is 3. The number of carbonyl (C=O) groups excluding carboxylic acids is 1. The van der Waals surface area contributed by atoms with Gasteiger partial charge in [0.1, 0.15) is 0 Å². The van der Waals surface area contributed by atoms with Crippen molar-refractivity contribution in [1.29, 1.82) is 0 Å². The summed E-state index contributed by atoms with van der Waals surface area (Å²) in [4.78, 5) is 30.6. The van der Waals surface area contributed by atoms with Crippen LogP contribution in [0.15, 0.2) is 76.7 Å². The van der Waals surface area contributed by atoms with E-state index in [9.17, 15) is 9.59 Å². The van der Waals surface area contributed by atoms with Crippen LogP contribution >= 0.6 is 11.8 Å². The number of hydrogen-bond acceptors (Lipinski definition) is 4. The van der Waals surface area contributed by atoms with E-state index in [4.69, 9.17) is 4.98 Å². The number of nitrogens with zero attached hydrogens (tertiary/aromatic N) is 2. The third-order valence-corrected chi connectivity index (χ3v) is 6.37. The standard InChI is InChI=1S/C26H25N3O2S/c1-17-8-11-20(12-9-17)15-27-24(30)16-32-26-28-23-7-5-4-6-22(23)25(31)29(26)21-13-10-18(2)19(3)14-21/h4-14H,15-16H2,1-3H3,(H,27,30). The third kappa shape index (κ3) is 4.75. The van der Waals surface area contributed by atoms with Crippen LogP contribution in [-0.4, -0.2) is 21.2 Å². The second-order valence-electron chi connectivity index (χ2n) is 7.87. The van der Waals surface area contributed by atoms with E-state index in [1.54, 1.807) is 10.6 Å². The fourth-order valence-corrected chi connectivity index (χ4v) is 4.23. The molecule has 4 rings (SSSR count). The molecule has 0 aliphatic heterocycles. The minimum atomic E-state index is -0.138. The fourth-order valence-electron chi connectivity index (χ4n) is 3.39. The maximum absolute atomic E-state index is 13.3. The van der Waals surface area contributed by atoms with E-state index >= 15 is 0 Å². The van der Waals surface area contributed by atoms with Crippen LogP contribution in [0.3, 0.4) is 0 Å². The lowest BCUT2D eigenvalue weighted by atomic mass is 10.1. The number of para-hydroxylation sites is 1. The second-order valence-corrected chi connectivity index (χ2v) is 8.81. The first kappa shape index (κ1) is 21.8. The van der Waals surface area contributed by atoms with Crippen molar-refractivity contribution in [2.45, 2.75) is 32.5 Å². The van der Waals surface area contributed by atoms with E-state index in [1.165, 1.54) is 17.3 Å². The molecule has 0 spiro atoms. The predicted molar refractivity (Wildman–Crippen MR) is 131 cm³/mol. The molecule has 1 aromatic heterocycles. The molecule has 0 saturated heterocycles. The number of fused-ring (bicyclic) bond motifs is 1. The summed E-state index contributed by atoms with van der Waals surface area (Å²) < 4.78 is 1.60. The highest BCUT2D eigenvalue weighted by Crippen LogP contribution is 2.22. The zero-order chi connectivity index (χ0) is 22.7. The summed E-state index contributed by atoms with van der Waals surface area (Å²) >= 11 is 1.27. The second kappa shape index (κ2) is 9.40. The van der Waals surface area contributed by atoms with Gasteiger partial charge in [0.15, 0.2) is 5.16 Å². The number of nitrogens with one attached hydrogen (secondary N) is 1. The van der Waals surface area contributed by atoms with Crippen molar-refractivity contribution in [2.24, 2.45) is 0 Å². The van der Waals surface area contributed by atoms with Crippen LogP contribution < -0.4 is 10.9 Å². The van der Waals surface area contributed by atoms with Gasteiger partial charge in [-0.3, -0.25) is 14.2 Å². The molecule has 0 fully saturated rings. The minimum absolute atomic E-state index is 0.107. The molecule has 0 atom stereocenters. The first-order chi connectivity index (χ1) is 15.4. The summed E-state index contributed by atoms with van der Waals surface area (Å²) in [7, 11) is 0. The van der Waals surface area contributed by atoms with Crippen molar-refractivity contribution in [3.05, 3.63) is 99.3 Å². The van der Waals surface area contributed by atoms with Gasteiger partial charge in [-0.1, -0.05) is 59.8 Å². The van der Waals surface area contributed by atoms with Crippen LogP contribution in [0.5, 0.6) is 0 Å². The molecule has 162 valence electrons. The Morgan fingerprint density at radius 3 is 2.47 bits per heavy atom. The molecule has 3 aromatic carbocycles. The summed E-state index contributed by atoms with van der Waals surface area (Å²) in [5.74, 6) is 0.0613. The SMILES string of the molecule is Cc1ccc(CNC(=O)CSc2nc3ccccc3c(=O)n2-c2ccc(C)c(C)c2)cc1. The first-order valence-corrected chi connectivity index (χ1v) is 11.5. The lowest BCUT2D eigenvalue weighted by molar-refractivity contribution is -0.118. The quantitative estimate of drug-likeness (QED) is 0.346. The zero-order valence-corrected chi connectivity index (χ0v) is 19.2. The number of hydrogen-bond donors (Lipinski definition) is 1. The maximum atomic E-state index is 13.3. The molecule has 0 aliphatic carbocycles. The number of rotatable bonds is 6. The molecule has 0 bridgehead atoms. The summed E-state index contributed by atoms with van der Waals surface area (Å²) in [6.45, 7) is 6.55. The van der Waals surface area contributed by atoms with Crippen molar-refractivity contribution in [1.82, 2.24) is 14.9 Å². The summed E-state index contributed by atoms with van der Waals surface area (Å²) in [6.07, 6.45) is 0. The van der Waals surface area contributed by atoms with Gasteiger partial charge in [-0.05, 0) is 61.7 Å². The number of thioether (sulfide) groups is 1. The molecule has 0 radical (unpaired) electrons. The van der Waals surface area contributed by atoms with Crippen molar-refractivity contribution >= 4 is 28.6 Å². The minimum Gasteiger partial charge on any atom is -0.351 e. The molecular formula is C26H25N3O2S. The van der Waals surface area contributed by atoms with Crippen LogP contribution in [0.2, 0.25) is 0 Å². The van der Waals surface area contributed by atoms with Crippen molar-refractivity contribution in [2.75, 3.05) is 5.75 Å². The summed E-state index contributed by atoms with van der Waals surface area (Å²) in [6, 6.07) is 21.3. The molecule has 1 heterocycles. The number of carbonyl (C=O) groups is 1. The normalized spacial score (nSPS) is 11.0. The zero-order valence-electron chi connectivity index (χ0n) is 18.4. The molecule has 1 amide bonds. The Morgan fingerprint density at radius 1 is 0.969 bits per heavy atom. The highest BCUT2D eigenvalue weighted by atomic mass is 32.2. The highest BCUT2D eigenvalue weighted by molar-refractivity contribution is 7.99. The number of benzene rings is 3. The summed E-state index contributed by atoms with van der Waals surface area (Å²) in [5, 5.41) is 4.00. The van der Waals surface area contributed by atoms with E-state index in [-0.39, 0.29) is 17.2 Å². The summed E-state index contributed by atoms with van der Waals surface area (Å²) in [5.41, 5.74) is 5.71. The van der Waals surface area contributed by atoms with Gasteiger partial charge in [-0.15, -0.1) is 0 Å². The van der Waals surface area contributed by atoms with Crippen molar-refractivity contribution < 1.29 is 4.79 Å². The Morgan fingerprint density at radius 2 is 1.72 bits per heavy atom. The molecule has 0 aliphatic rings. The van der Waals surface area contributed by atoms with E-state index in [0.717, 1.165) is 22.4 Å². The maximum Gasteiger partial charge on any atom is 0.266 e. The lowest BCUT2D eigenvalue weighted by Gasteiger charge is -2.14. The molecule has 5 nitrogen and oxygen atoms in total. The van der Waals surface area contributed by atoms with E-state index in [0.29, 0.717) is 22.6 Å². The van der Waals surface area contributed by atoms with E-state index in [2.05, 4.69) is 5.32 Å². The van der Waals surface area contributed by atoms with Gasteiger partial charge in [0.25, 0.3) is 5.56 Å². The monoisotopic (exact) mass is 443 g/mol. The average Bonchev–Trinajstić information content (AvgIpc) is 2.79. The van der Waals surface area contributed by atoms with Gasteiger partial charge in [-0.2, -0.15) is 0 Å². The van der Waals surface area contributed by atoms with Crippen molar-refractivity contribution in [3.8, 4) is 5.69 Å². The number of amides is 1. The highest BCUT2D eigenvalue weighted by Gasteiger charge is 2.15. The van der Waals surface area contributed by atoms with Gasteiger partial charge in [0.05, 0.1) is 22.3 Å². The Labute approximate surface area is 191 Å². The van der Waals surface area contributed by atoms with Gasteiger partial charge in [0.2, 0.25) is 5.91 Å². The van der Waals surface area contributed by atoms with Crippen LogP contribution in [0, 0.1) is 20.8 Å². The molecule has 1 N–H and O–H groups in total. The van der Waals surface area contributed by atoms with Crippen LogP contribution in [0.25, 0.3) is 16.6 Å². The lowest BCUT2D eigenvalue weighted by Crippen LogP contribution is -2.26. The first-order valence-electron chi connectivity index (χ1n) is 10.5. The molecule has 4 aromatic rings. The Bertz CT molecular complexity index is 1340. The third-order valence-electron chi connectivity index (χ3n) is 5.44. The van der Waals surface area contributed by atoms with Crippen LogP contribution in [0.1, 0.15) is 22.3 Å². The Balaban J connectivity index is 1.60. The fraction of sp³-hybridized carbons (Fsp3) is 0.192. The Hall–Kier alpha value is -3.38. The largest absolute Gasteiger partial charge is 0.351 e. The van der Waals surface area contributed by atoms with Gasteiger partial charge in [0, 0.05) is 6.54 Å². The van der Waals surface area contributed by atoms with Gasteiger partial charge in [-0.25, -0.2) is 4.98 Å². The molecule has 6 heteroatoms. The topological polar surface area (TPSA) is 64.0 Å². The number of aromatic nitrogens is 2. The van der Waals surface area contributed by atoms with Gasteiger partial charge < -0.3 is 5.32 Å². The predicted octanol–water partition coefficient (Wildman–Crippen LogP) is 4.72. The average molecular weight is 444 g/mol. The van der Waals surface area contributed by atoms with E-state index in [1.807, 2.05) is 81.4 Å². The smallest absolute Gasteiger partial charge is 0.266 e. The van der Waals surface area contributed by atoms with Crippen LogP contribution in [0.4, 0.5) is 0 Å². The molecule has 32 heavy (non-hydrogen) atoms. The van der Waals surface area contributed by atoms with Crippen molar-refractivity contribution in [3.63, 3.8) is 0 Å².